The molecule has 1 heterocycles. The molecule has 174 valence electrons. The monoisotopic (exact) mass is 463 g/mol. The first-order chi connectivity index (χ1) is 12.7. The highest BCUT2D eigenvalue weighted by Gasteiger charge is 2.90. The van der Waals surface area contributed by atoms with Crippen LogP contribution in [-0.2, 0) is 4.74 Å². The van der Waals surface area contributed by atoms with Crippen LogP contribution in [0.5, 0.6) is 0 Å². The zero-order valence-electron chi connectivity index (χ0n) is 14.0. The highest BCUT2D eigenvalue weighted by Crippen LogP contribution is 2.60. The maximum absolute atomic E-state index is 13.6. The molecule has 0 aliphatic carbocycles. The Kier molecular flexibility index (Phi) is 7.09. The van der Waals surface area contributed by atoms with Gasteiger partial charge in [-0.2, -0.15) is 57.1 Å². The van der Waals surface area contributed by atoms with E-state index in [1.54, 1.807) is 0 Å². The van der Waals surface area contributed by atoms with Crippen LogP contribution in [0.4, 0.5) is 57.1 Å². The van der Waals surface area contributed by atoms with Crippen molar-refractivity contribution in [3.63, 3.8) is 0 Å². The van der Waals surface area contributed by atoms with Crippen molar-refractivity contribution >= 4 is 0 Å². The summed E-state index contributed by atoms with van der Waals surface area (Å²) < 4.78 is 173. The minimum atomic E-state index is -7.93. The molecular formula is C13H14F13NO2. The van der Waals surface area contributed by atoms with E-state index in [-0.39, 0.29) is 26.3 Å². The zero-order valence-corrected chi connectivity index (χ0v) is 14.0. The summed E-state index contributed by atoms with van der Waals surface area (Å²) in [6.07, 6.45) is -12.6. The molecule has 0 saturated carbocycles. The lowest BCUT2D eigenvalue weighted by atomic mass is 9.91. The zero-order chi connectivity index (χ0) is 23.1. The van der Waals surface area contributed by atoms with Gasteiger partial charge in [0.05, 0.1) is 19.3 Å². The highest BCUT2D eigenvalue weighted by atomic mass is 19.4. The molecule has 0 spiro atoms. The van der Waals surface area contributed by atoms with E-state index >= 15 is 0 Å². The van der Waals surface area contributed by atoms with Gasteiger partial charge in [-0.05, 0) is 0 Å². The first-order valence-corrected chi connectivity index (χ1v) is 7.66. The molecule has 16 heteroatoms. The van der Waals surface area contributed by atoms with Crippen molar-refractivity contribution in [2.24, 2.45) is 0 Å². The van der Waals surface area contributed by atoms with Gasteiger partial charge >= 0.3 is 35.8 Å². The van der Waals surface area contributed by atoms with Crippen molar-refractivity contribution in [3.05, 3.63) is 0 Å². The molecule has 1 atom stereocenters. The molecule has 0 amide bonds. The van der Waals surface area contributed by atoms with Crippen LogP contribution in [0.2, 0.25) is 0 Å². The summed E-state index contributed by atoms with van der Waals surface area (Å²) in [6, 6.07) is 0. The predicted octanol–water partition coefficient (Wildman–Crippen LogP) is 3.81. The Hall–Kier alpha value is -1.03. The minimum absolute atomic E-state index is 0.00502. The molecule has 0 aromatic rings. The van der Waals surface area contributed by atoms with Gasteiger partial charge in [0.2, 0.25) is 0 Å². The third kappa shape index (κ3) is 4.52. The van der Waals surface area contributed by atoms with E-state index in [0.29, 0.717) is 0 Å². The summed E-state index contributed by atoms with van der Waals surface area (Å²) in [5.74, 6) is -37.2. The SMILES string of the molecule is OC(CN1CCOCC1)CC(F)(F)C(F)(F)C(F)(F)C(F)(F)C(F)(F)C(F)(F)F. The standard InChI is InChI=1S/C13H14F13NO2/c14-8(15,5-7(28)6-27-1-3-29-4-2-27)9(16,17)10(18,19)11(20,21)12(22,23)13(24,25)26/h7,28H,1-6H2. The number of morpholine rings is 1. The lowest BCUT2D eigenvalue weighted by Crippen LogP contribution is -2.70. The molecule has 1 N–H and O–H groups in total. The molecule has 1 saturated heterocycles. The Morgan fingerprint density at radius 2 is 1.10 bits per heavy atom. The summed E-state index contributed by atoms with van der Waals surface area (Å²) in [5, 5.41) is 9.40. The van der Waals surface area contributed by atoms with E-state index in [2.05, 4.69) is 0 Å². The Morgan fingerprint density at radius 1 is 0.690 bits per heavy atom. The van der Waals surface area contributed by atoms with Crippen LogP contribution in [0, 0.1) is 0 Å². The van der Waals surface area contributed by atoms with E-state index in [1.165, 1.54) is 0 Å². The summed E-state index contributed by atoms with van der Waals surface area (Å²) >= 11 is 0. The molecule has 29 heavy (non-hydrogen) atoms. The first-order valence-electron chi connectivity index (χ1n) is 7.66. The van der Waals surface area contributed by atoms with Crippen LogP contribution in [0.3, 0.4) is 0 Å². The topological polar surface area (TPSA) is 32.7 Å². The van der Waals surface area contributed by atoms with E-state index in [0.717, 1.165) is 4.90 Å². The van der Waals surface area contributed by atoms with Gasteiger partial charge < -0.3 is 9.84 Å². The normalized spacial score (nSPS) is 20.1. The second-order valence-corrected chi connectivity index (χ2v) is 6.27. The smallest absolute Gasteiger partial charge is 0.392 e. The first kappa shape index (κ1) is 26.0. The molecule has 1 aliphatic heterocycles. The van der Waals surface area contributed by atoms with Crippen molar-refractivity contribution in [1.29, 1.82) is 0 Å². The number of alkyl halides is 13. The molecular weight excluding hydrogens is 449 g/mol. The molecule has 3 nitrogen and oxygen atoms in total. The third-order valence-electron chi connectivity index (χ3n) is 4.06. The van der Waals surface area contributed by atoms with Crippen molar-refractivity contribution in [1.82, 2.24) is 4.90 Å². The number of aliphatic hydroxyl groups excluding tert-OH is 1. The third-order valence-corrected chi connectivity index (χ3v) is 4.06. The lowest BCUT2D eigenvalue weighted by molar-refractivity contribution is -0.440. The van der Waals surface area contributed by atoms with Crippen LogP contribution < -0.4 is 0 Å². The fraction of sp³-hybridized carbons (Fsp3) is 1.00. The van der Waals surface area contributed by atoms with Crippen LogP contribution >= 0.6 is 0 Å². The maximum atomic E-state index is 13.6. The number of ether oxygens (including phenoxy) is 1. The Labute approximate surface area is 154 Å². The lowest BCUT2D eigenvalue weighted by Gasteiger charge is -2.40. The predicted molar refractivity (Wildman–Crippen MR) is 68.7 cm³/mol. The Bertz CT molecular complexity index is 557. The molecule has 1 unspecified atom stereocenters. The average molecular weight is 463 g/mol. The van der Waals surface area contributed by atoms with Gasteiger partial charge in [0.25, 0.3) is 0 Å². The summed E-state index contributed by atoms with van der Waals surface area (Å²) in [4.78, 5) is 1.16. The largest absolute Gasteiger partial charge is 0.460 e. The molecule has 1 aliphatic rings. The second-order valence-electron chi connectivity index (χ2n) is 6.27. The van der Waals surface area contributed by atoms with E-state index in [4.69, 9.17) is 4.74 Å². The van der Waals surface area contributed by atoms with Crippen LogP contribution in [0.25, 0.3) is 0 Å². The quantitative estimate of drug-likeness (QED) is 0.556. The fourth-order valence-electron chi connectivity index (χ4n) is 2.37. The number of halogens is 13. The summed E-state index contributed by atoms with van der Waals surface area (Å²) in [7, 11) is 0. The molecule has 0 aromatic heterocycles. The van der Waals surface area contributed by atoms with E-state index in [1.807, 2.05) is 0 Å². The van der Waals surface area contributed by atoms with Crippen molar-refractivity contribution < 1.29 is 66.9 Å². The molecule has 1 fully saturated rings. The van der Waals surface area contributed by atoms with Crippen LogP contribution in [-0.4, -0.2) is 84.7 Å². The van der Waals surface area contributed by atoms with Crippen molar-refractivity contribution in [2.75, 3.05) is 32.8 Å². The summed E-state index contributed by atoms with van der Waals surface area (Å²) in [6.45, 7) is -0.738. The van der Waals surface area contributed by atoms with Gasteiger partial charge in [-0.25, -0.2) is 0 Å². The van der Waals surface area contributed by atoms with Gasteiger partial charge in [0, 0.05) is 26.1 Å². The molecule has 0 radical (unpaired) electrons. The van der Waals surface area contributed by atoms with Crippen LogP contribution in [0.15, 0.2) is 0 Å². The molecule has 1 rings (SSSR count). The maximum Gasteiger partial charge on any atom is 0.460 e. The number of β-amino-alcohol motifs (C(OH)–C–C–N with tert-alkyl or cyclic N) is 1. The average Bonchev–Trinajstić information content (AvgIpc) is 2.53. The highest BCUT2D eigenvalue weighted by molar-refractivity contribution is 5.10. The van der Waals surface area contributed by atoms with Gasteiger partial charge in [0.15, 0.2) is 0 Å². The van der Waals surface area contributed by atoms with E-state index < -0.39 is 54.9 Å². The van der Waals surface area contributed by atoms with Crippen molar-refractivity contribution in [2.45, 2.75) is 48.3 Å². The number of nitrogens with zero attached hydrogens (tertiary/aromatic N) is 1. The Balaban J connectivity index is 3.11. The summed E-state index contributed by atoms with van der Waals surface area (Å²) in [5.41, 5.74) is 0. The number of rotatable bonds is 8. The second kappa shape index (κ2) is 7.90. The minimum Gasteiger partial charge on any atom is -0.392 e. The van der Waals surface area contributed by atoms with Crippen molar-refractivity contribution in [3.8, 4) is 0 Å². The van der Waals surface area contributed by atoms with Gasteiger partial charge in [-0.3, -0.25) is 4.90 Å². The van der Waals surface area contributed by atoms with Gasteiger partial charge in [-0.15, -0.1) is 0 Å². The van der Waals surface area contributed by atoms with Gasteiger partial charge in [0.1, 0.15) is 0 Å². The number of hydrogen-bond acceptors (Lipinski definition) is 3. The Morgan fingerprint density at radius 3 is 1.52 bits per heavy atom. The number of aliphatic hydroxyl groups is 1. The molecule has 0 bridgehead atoms. The van der Waals surface area contributed by atoms with Crippen LogP contribution in [0.1, 0.15) is 6.42 Å². The fourth-order valence-corrected chi connectivity index (χ4v) is 2.37. The van der Waals surface area contributed by atoms with Gasteiger partial charge in [-0.1, -0.05) is 0 Å². The van der Waals surface area contributed by atoms with E-state index in [9.17, 15) is 62.2 Å². The molecule has 0 aromatic carbocycles. The number of hydrogen-bond donors (Lipinski definition) is 1.